The van der Waals surface area contributed by atoms with E-state index in [2.05, 4.69) is 0 Å². The van der Waals surface area contributed by atoms with Crippen LogP contribution < -0.4 is 5.73 Å². The minimum Gasteiger partial charge on any atom is -0.481 e. The number of nitrogens with one attached hydrogen (secondary N) is 1. The third kappa shape index (κ3) is 2.69. The number of nitrogens with two attached hydrogens (primary N) is 1. The zero-order valence-electron chi connectivity index (χ0n) is 10.5. The first kappa shape index (κ1) is 13.8. The summed E-state index contributed by atoms with van der Waals surface area (Å²) in [6, 6.07) is 0. The third-order valence-electron chi connectivity index (χ3n) is 3.76. The lowest BCUT2D eigenvalue weighted by Crippen LogP contribution is -2.31. The van der Waals surface area contributed by atoms with Crippen molar-refractivity contribution in [1.82, 2.24) is 4.90 Å². The molecule has 4 N–H and O–H groups in total. The molecule has 5 nitrogen and oxygen atoms in total. The maximum atomic E-state index is 13.3. The standard InChI is InChI=1S/C12H17F2N3O2/c13-12(14)3-1-8(10(12)15)11(16)17-4-2-7(6-17)5-9(18)19/h7,16H,1-6,15H2,(H,18,19)/t7-/m1/s1. The number of carboxylic acid groups (broad SMARTS) is 1. The van der Waals surface area contributed by atoms with Gasteiger partial charge in [0.15, 0.2) is 0 Å². The Hall–Kier alpha value is -1.66. The zero-order chi connectivity index (χ0) is 14.2. The number of nitrogens with zero attached hydrogens (tertiary/aromatic N) is 1. The Morgan fingerprint density at radius 3 is 2.79 bits per heavy atom. The Bertz CT molecular complexity index is 448. The molecule has 0 aromatic carbocycles. The molecule has 19 heavy (non-hydrogen) atoms. The molecule has 1 atom stereocenters. The van der Waals surface area contributed by atoms with E-state index >= 15 is 0 Å². The molecular weight excluding hydrogens is 256 g/mol. The number of aliphatic carboxylic acids is 1. The van der Waals surface area contributed by atoms with Gasteiger partial charge in [-0.3, -0.25) is 10.2 Å². The number of amidine groups is 1. The van der Waals surface area contributed by atoms with Crippen LogP contribution in [0.4, 0.5) is 8.78 Å². The zero-order valence-corrected chi connectivity index (χ0v) is 10.5. The van der Waals surface area contributed by atoms with Crippen LogP contribution in [0, 0.1) is 11.3 Å². The van der Waals surface area contributed by atoms with Gasteiger partial charge in [-0.05, 0) is 18.8 Å². The first-order valence-electron chi connectivity index (χ1n) is 6.24. The number of rotatable bonds is 3. The fourth-order valence-corrected chi connectivity index (χ4v) is 2.66. The summed E-state index contributed by atoms with van der Waals surface area (Å²) in [5, 5.41) is 16.7. The molecule has 0 aromatic heterocycles. The van der Waals surface area contributed by atoms with Crippen molar-refractivity contribution in [1.29, 1.82) is 5.41 Å². The van der Waals surface area contributed by atoms with E-state index in [1.165, 1.54) is 0 Å². The average Bonchev–Trinajstić information content (AvgIpc) is 2.85. The maximum absolute atomic E-state index is 13.3. The highest BCUT2D eigenvalue weighted by Crippen LogP contribution is 2.38. The van der Waals surface area contributed by atoms with Gasteiger partial charge in [0.1, 0.15) is 5.84 Å². The molecule has 0 spiro atoms. The summed E-state index contributed by atoms with van der Waals surface area (Å²) in [6.45, 7) is 0.951. The number of carboxylic acids is 1. The third-order valence-corrected chi connectivity index (χ3v) is 3.76. The molecule has 0 amide bonds. The number of alkyl halides is 2. The number of carbonyl (C=O) groups is 1. The van der Waals surface area contributed by atoms with Crippen molar-refractivity contribution < 1.29 is 18.7 Å². The first-order valence-corrected chi connectivity index (χ1v) is 6.24. The molecular formula is C12H17F2N3O2. The maximum Gasteiger partial charge on any atom is 0.303 e. The van der Waals surface area contributed by atoms with Gasteiger partial charge in [0, 0.05) is 31.5 Å². The van der Waals surface area contributed by atoms with E-state index in [1.54, 1.807) is 4.90 Å². The largest absolute Gasteiger partial charge is 0.481 e. The van der Waals surface area contributed by atoms with Crippen molar-refractivity contribution in [3.05, 3.63) is 11.3 Å². The van der Waals surface area contributed by atoms with E-state index in [1.807, 2.05) is 0 Å². The highest BCUT2D eigenvalue weighted by Gasteiger charge is 2.42. The normalized spacial score (nSPS) is 26.0. The molecule has 0 unspecified atom stereocenters. The molecule has 0 bridgehead atoms. The van der Waals surface area contributed by atoms with Gasteiger partial charge in [-0.2, -0.15) is 8.78 Å². The number of hydrogen-bond donors (Lipinski definition) is 3. The van der Waals surface area contributed by atoms with E-state index in [0.29, 0.717) is 19.5 Å². The van der Waals surface area contributed by atoms with Gasteiger partial charge in [-0.25, -0.2) is 0 Å². The van der Waals surface area contributed by atoms with E-state index in [9.17, 15) is 13.6 Å². The SMILES string of the molecule is N=C(C1=C(N)C(F)(F)CC1)N1CC[C@H](CC(=O)O)C1. The fraction of sp³-hybridized carbons (Fsp3) is 0.667. The number of hydrogen-bond acceptors (Lipinski definition) is 3. The van der Waals surface area contributed by atoms with Crippen LogP contribution in [0.1, 0.15) is 25.7 Å². The lowest BCUT2D eigenvalue weighted by molar-refractivity contribution is -0.137. The van der Waals surface area contributed by atoms with Crippen LogP contribution >= 0.6 is 0 Å². The Labute approximate surface area is 109 Å². The van der Waals surface area contributed by atoms with Gasteiger partial charge in [0.2, 0.25) is 0 Å². The Morgan fingerprint density at radius 1 is 1.58 bits per heavy atom. The van der Waals surface area contributed by atoms with E-state index in [-0.39, 0.29) is 36.6 Å². The van der Waals surface area contributed by atoms with Gasteiger partial charge >= 0.3 is 5.97 Å². The molecule has 0 aromatic rings. The molecule has 1 heterocycles. The number of likely N-dealkylation sites (tertiary alicyclic amines) is 1. The van der Waals surface area contributed by atoms with Gasteiger partial charge in [-0.15, -0.1) is 0 Å². The lowest BCUT2D eigenvalue weighted by Gasteiger charge is -2.20. The highest BCUT2D eigenvalue weighted by molar-refractivity contribution is 5.97. The predicted molar refractivity (Wildman–Crippen MR) is 65.1 cm³/mol. The lowest BCUT2D eigenvalue weighted by atomic mass is 10.1. The molecule has 0 saturated carbocycles. The number of allylic oxidation sites excluding steroid dienone is 1. The smallest absolute Gasteiger partial charge is 0.303 e. The summed E-state index contributed by atoms with van der Waals surface area (Å²) in [5.41, 5.74) is 5.12. The highest BCUT2D eigenvalue weighted by atomic mass is 19.3. The minimum absolute atomic E-state index is 0.0263. The molecule has 1 saturated heterocycles. The van der Waals surface area contributed by atoms with Crippen LogP contribution in [-0.4, -0.2) is 40.8 Å². The van der Waals surface area contributed by atoms with Crippen molar-refractivity contribution in [2.75, 3.05) is 13.1 Å². The summed E-state index contributed by atoms with van der Waals surface area (Å²) >= 11 is 0. The average molecular weight is 273 g/mol. The fourth-order valence-electron chi connectivity index (χ4n) is 2.66. The van der Waals surface area contributed by atoms with Crippen LogP contribution in [0.2, 0.25) is 0 Å². The molecule has 106 valence electrons. The van der Waals surface area contributed by atoms with Crippen molar-refractivity contribution >= 4 is 11.8 Å². The van der Waals surface area contributed by atoms with Gasteiger partial charge in [0.05, 0.1) is 5.70 Å². The molecule has 2 aliphatic rings. The predicted octanol–water partition coefficient (Wildman–Crippen LogP) is 1.40. The molecule has 1 aliphatic carbocycles. The van der Waals surface area contributed by atoms with Crippen LogP contribution in [0.15, 0.2) is 11.3 Å². The summed E-state index contributed by atoms with van der Waals surface area (Å²) in [7, 11) is 0. The van der Waals surface area contributed by atoms with E-state index < -0.39 is 17.6 Å². The summed E-state index contributed by atoms with van der Waals surface area (Å²) in [5.74, 6) is -3.88. The molecule has 0 radical (unpaired) electrons. The van der Waals surface area contributed by atoms with Crippen molar-refractivity contribution in [3.8, 4) is 0 Å². The quantitative estimate of drug-likeness (QED) is 0.535. The molecule has 1 aliphatic heterocycles. The Balaban J connectivity index is 2.03. The van der Waals surface area contributed by atoms with Gasteiger partial charge in [0.25, 0.3) is 5.92 Å². The van der Waals surface area contributed by atoms with Crippen LogP contribution in [-0.2, 0) is 4.79 Å². The van der Waals surface area contributed by atoms with Crippen molar-refractivity contribution in [2.24, 2.45) is 11.7 Å². The Kier molecular flexibility index (Phi) is 3.47. The van der Waals surface area contributed by atoms with Crippen LogP contribution in [0.3, 0.4) is 0 Å². The summed E-state index contributed by atoms with van der Waals surface area (Å²) in [4.78, 5) is 12.3. The second-order valence-corrected chi connectivity index (χ2v) is 5.14. The number of halogens is 2. The summed E-state index contributed by atoms with van der Waals surface area (Å²) < 4.78 is 26.6. The van der Waals surface area contributed by atoms with Crippen LogP contribution in [0.25, 0.3) is 0 Å². The second kappa shape index (κ2) is 4.79. The Morgan fingerprint density at radius 2 is 2.26 bits per heavy atom. The minimum atomic E-state index is -3.01. The van der Waals surface area contributed by atoms with Crippen LogP contribution in [0.5, 0.6) is 0 Å². The summed E-state index contributed by atoms with van der Waals surface area (Å²) in [6.07, 6.45) is 0.480. The van der Waals surface area contributed by atoms with Gasteiger partial charge in [-0.1, -0.05) is 0 Å². The van der Waals surface area contributed by atoms with E-state index in [4.69, 9.17) is 16.2 Å². The van der Waals surface area contributed by atoms with Crippen molar-refractivity contribution in [2.45, 2.75) is 31.6 Å². The molecule has 7 heteroatoms. The van der Waals surface area contributed by atoms with Gasteiger partial charge < -0.3 is 15.7 Å². The molecule has 2 rings (SSSR count). The topological polar surface area (TPSA) is 90.4 Å². The second-order valence-electron chi connectivity index (χ2n) is 5.14. The molecule has 1 fully saturated rings. The first-order chi connectivity index (χ1) is 8.81. The van der Waals surface area contributed by atoms with E-state index in [0.717, 1.165) is 0 Å². The van der Waals surface area contributed by atoms with Crippen molar-refractivity contribution in [3.63, 3.8) is 0 Å². The monoisotopic (exact) mass is 273 g/mol.